The van der Waals surface area contributed by atoms with Crippen molar-refractivity contribution >= 4 is 23.0 Å². The molecule has 0 saturated carbocycles. The fourth-order valence-corrected chi connectivity index (χ4v) is 1.63. The zero-order valence-corrected chi connectivity index (χ0v) is 10.7. The van der Waals surface area contributed by atoms with Crippen molar-refractivity contribution in [3.8, 4) is 0 Å². The van der Waals surface area contributed by atoms with Gasteiger partial charge in [0.2, 0.25) is 0 Å². The third kappa shape index (κ3) is 2.89. The molecule has 1 heterocycles. The van der Waals surface area contributed by atoms with Crippen LogP contribution in [0.5, 0.6) is 0 Å². The summed E-state index contributed by atoms with van der Waals surface area (Å²) >= 11 is 0. The minimum absolute atomic E-state index is 0.0221. The number of aryl methyl sites for hydroxylation is 1. The van der Waals surface area contributed by atoms with Gasteiger partial charge in [-0.3, -0.25) is 14.9 Å². The third-order valence-electron chi connectivity index (χ3n) is 2.69. The van der Waals surface area contributed by atoms with Crippen LogP contribution in [0, 0.1) is 17.0 Å². The SMILES string of the molecule is Cc1cc([N+](=O)[O-])ccc1NC(=O)c1ccc(N)cn1. The molecule has 1 aromatic carbocycles. The second-order valence-corrected chi connectivity index (χ2v) is 4.19. The van der Waals surface area contributed by atoms with Crippen LogP contribution >= 0.6 is 0 Å². The molecule has 0 radical (unpaired) electrons. The van der Waals surface area contributed by atoms with E-state index in [9.17, 15) is 14.9 Å². The molecule has 0 spiro atoms. The number of non-ortho nitro benzene ring substituents is 1. The highest BCUT2D eigenvalue weighted by molar-refractivity contribution is 6.03. The van der Waals surface area contributed by atoms with Crippen LogP contribution < -0.4 is 11.1 Å². The molecule has 0 aliphatic carbocycles. The smallest absolute Gasteiger partial charge is 0.274 e. The lowest BCUT2D eigenvalue weighted by molar-refractivity contribution is -0.384. The lowest BCUT2D eigenvalue weighted by Crippen LogP contribution is -2.14. The largest absolute Gasteiger partial charge is 0.397 e. The number of rotatable bonds is 3. The Morgan fingerprint density at radius 3 is 2.65 bits per heavy atom. The van der Waals surface area contributed by atoms with Crippen molar-refractivity contribution in [3.05, 3.63) is 57.9 Å². The average molecular weight is 272 g/mol. The van der Waals surface area contributed by atoms with Crippen LogP contribution in [-0.4, -0.2) is 15.8 Å². The molecule has 0 unspecified atom stereocenters. The summed E-state index contributed by atoms with van der Waals surface area (Å²) in [6, 6.07) is 7.30. The Labute approximate surface area is 114 Å². The van der Waals surface area contributed by atoms with Crippen LogP contribution in [-0.2, 0) is 0 Å². The van der Waals surface area contributed by atoms with Crippen LogP contribution in [0.15, 0.2) is 36.5 Å². The van der Waals surface area contributed by atoms with Crippen molar-refractivity contribution in [1.29, 1.82) is 0 Å². The number of nitrogens with two attached hydrogens (primary N) is 1. The Balaban J connectivity index is 2.19. The second kappa shape index (κ2) is 5.35. The monoisotopic (exact) mass is 272 g/mol. The van der Waals surface area contributed by atoms with E-state index in [0.29, 0.717) is 16.9 Å². The summed E-state index contributed by atoms with van der Waals surface area (Å²) < 4.78 is 0. The predicted molar refractivity (Wildman–Crippen MR) is 74.4 cm³/mol. The first-order valence-electron chi connectivity index (χ1n) is 5.75. The van der Waals surface area contributed by atoms with Crippen molar-refractivity contribution in [2.75, 3.05) is 11.1 Å². The van der Waals surface area contributed by atoms with Crippen LogP contribution in [0.2, 0.25) is 0 Å². The van der Waals surface area contributed by atoms with Gasteiger partial charge in [0.05, 0.1) is 16.8 Å². The van der Waals surface area contributed by atoms with Gasteiger partial charge in [0.1, 0.15) is 5.69 Å². The van der Waals surface area contributed by atoms with Crippen LogP contribution in [0.1, 0.15) is 16.1 Å². The zero-order chi connectivity index (χ0) is 14.7. The number of carbonyl (C=O) groups excluding carboxylic acids is 1. The number of nitro benzene ring substituents is 1. The number of hydrogen-bond donors (Lipinski definition) is 2. The van der Waals surface area contributed by atoms with Crippen LogP contribution in [0.3, 0.4) is 0 Å². The summed E-state index contributed by atoms with van der Waals surface area (Å²) in [7, 11) is 0. The summed E-state index contributed by atoms with van der Waals surface area (Å²) in [6.45, 7) is 1.68. The number of nitrogens with zero attached hydrogens (tertiary/aromatic N) is 2. The van der Waals surface area contributed by atoms with Crippen LogP contribution in [0.4, 0.5) is 17.1 Å². The van der Waals surface area contributed by atoms with E-state index in [2.05, 4.69) is 10.3 Å². The minimum Gasteiger partial charge on any atom is -0.397 e. The van der Waals surface area contributed by atoms with Gasteiger partial charge in [-0.1, -0.05) is 0 Å². The summed E-state index contributed by atoms with van der Waals surface area (Å²) in [4.78, 5) is 26.0. The number of nitrogens with one attached hydrogen (secondary N) is 1. The Bertz CT molecular complexity index is 668. The number of aromatic nitrogens is 1. The quantitative estimate of drug-likeness (QED) is 0.656. The maximum absolute atomic E-state index is 11.9. The van der Waals surface area contributed by atoms with Crippen molar-refractivity contribution < 1.29 is 9.72 Å². The van der Waals surface area contributed by atoms with Gasteiger partial charge in [0.15, 0.2) is 0 Å². The Morgan fingerprint density at radius 1 is 1.35 bits per heavy atom. The molecule has 0 atom stereocenters. The Morgan fingerprint density at radius 2 is 2.10 bits per heavy atom. The van der Waals surface area contributed by atoms with E-state index < -0.39 is 10.8 Å². The lowest BCUT2D eigenvalue weighted by Gasteiger charge is -2.07. The van der Waals surface area contributed by atoms with E-state index >= 15 is 0 Å². The molecule has 0 aliphatic rings. The first-order valence-corrected chi connectivity index (χ1v) is 5.75. The molecule has 7 nitrogen and oxygen atoms in total. The summed E-state index contributed by atoms with van der Waals surface area (Å²) in [5.74, 6) is -0.401. The molecular weight excluding hydrogens is 260 g/mol. The molecule has 1 aromatic heterocycles. The minimum atomic E-state index is -0.486. The second-order valence-electron chi connectivity index (χ2n) is 4.19. The fourth-order valence-electron chi connectivity index (χ4n) is 1.63. The number of carbonyl (C=O) groups is 1. The van der Waals surface area contributed by atoms with Crippen molar-refractivity contribution in [2.45, 2.75) is 6.92 Å². The predicted octanol–water partition coefficient (Wildman–Crippen LogP) is 2.13. The van der Waals surface area contributed by atoms with Crippen molar-refractivity contribution in [2.24, 2.45) is 0 Å². The maximum Gasteiger partial charge on any atom is 0.274 e. The first-order chi connectivity index (χ1) is 9.47. The van der Waals surface area contributed by atoms with Crippen molar-refractivity contribution in [3.63, 3.8) is 0 Å². The topological polar surface area (TPSA) is 111 Å². The van der Waals surface area contributed by atoms with Gasteiger partial charge in [-0.25, -0.2) is 4.98 Å². The molecule has 7 heteroatoms. The highest BCUT2D eigenvalue weighted by atomic mass is 16.6. The maximum atomic E-state index is 11.9. The molecule has 0 fully saturated rings. The molecule has 3 N–H and O–H groups in total. The van der Waals surface area contributed by atoms with Crippen molar-refractivity contribution in [1.82, 2.24) is 4.98 Å². The molecule has 0 saturated heterocycles. The summed E-state index contributed by atoms with van der Waals surface area (Å²) in [5.41, 5.74) is 7.25. The summed E-state index contributed by atoms with van der Waals surface area (Å²) in [6.07, 6.45) is 1.39. The van der Waals surface area contributed by atoms with Gasteiger partial charge < -0.3 is 11.1 Å². The molecule has 2 rings (SSSR count). The first kappa shape index (κ1) is 13.5. The van der Waals surface area contributed by atoms with E-state index in [4.69, 9.17) is 5.73 Å². The number of nitrogen functional groups attached to an aromatic ring is 1. The van der Waals surface area contributed by atoms with Gasteiger partial charge in [-0.15, -0.1) is 0 Å². The normalized spacial score (nSPS) is 10.1. The number of benzene rings is 1. The van der Waals surface area contributed by atoms with E-state index in [1.807, 2.05) is 0 Å². The number of anilines is 2. The highest BCUT2D eigenvalue weighted by Gasteiger charge is 2.12. The van der Waals surface area contributed by atoms with Crippen LogP contribution in [0.25, 0.3) is 0 Å². The average Bonchev–Trinajstić information content (AvgIpc) is 2.41. The van der Waals surface area contributed by atoms with E-state index in [-0.39, 0.29) is 11.4 Å². The van der Waals surface area contributed by atoms with Gasteiger partial charge in [-0.05, 0) is 30.7 Å². The number of hydrogen-bond acceptors (Lipinski definition) is 5. The standard InChI is InChI=1S/C13H12N4O3/c1-8-6-10(17(19)20)3-5-11(8)16-13(18)12-4-2-9(14)7-15-12/h2-7H,14H2,1H3,(H,16,18). The highest BCUT2D eigenvalue weighted by Crippen LogP contribution is 2.21. The Hall–Kier alpha value is -2.96. The molecule has 0 bridgehead atoms. The Kier molecular flexibility index (Phi) is 3.60. The fraction of sp³-hybridized carbons (Fsp3) is 0.0769. The molecule has 0 aliphatic heterocycles. The number of amides is 1. The zero-order valence-electron chi connectivity index (χ0n) is 10.7. The van der Waals surface area contributed by atoms with E-state index in [1.165, 1.54) is 30.5 Å². The lowest BCUT2D eigenvalue weighted by atomic mass is 10.1. The van der Waals surface area contributed by atoms with E-state index in [1.54, 1.807) is 13.0 Å². The van der Waals surface area contributed by atoms with E-state index in [0.717, 1.165) is 0 Å². The summed E-state index contributed by atoms with van der Waals surface area (Å²) in [5, 5.41) is 13.3. The molecule has 2 aromatic rings. The van der Waals surface area contributed by atoms with Gasteiger partial charge >= 0.3 is 0 Å². The molecule has 102 valence electrons. The van der Waals surface area contributed by atoms with Gasteiger partial charge in [0, 0.05) is 17.8 Å². The molecule has 1 amide bonds. The van der Waals surface area contributed by atoms with Gasteiger partial charge in [-0.2, -0.15) is 0 Å². The number of nitro groups is 1. The number of pyridine rings is 1. The van der Waals surface area contributed by atoms with Gasteiger partial charge in [0.25, 0.3) is 11.6 Å². The third-order valence-corrected chi connectivity index (χ3v) is 2.69. The molecular formula is C13H12N4O3. The molecule has 20 heavy (non-hydrogen) atoms.